The van der Waals surface area contributed by atoms with Crippen molar-refractivity contribution in [2.24, 2.45) is 0 Å². The van der Waals surface area contributed by atoms with Crippen LogP contribution in [0.2, 0.25) is 5.15 Å². The second-order valence-electron chi connectivity index (χ2n) is 6.78. The lowest BCUT2D eigenvalue weighted by Gasteiger charge is -2.28. The molecule has 0 saturated carbocycles. The van der Waals surface area contributed by atoms with Crippen LogP contribution in [-0.2, 0) is 22.5 Å². The molecule has 5 nitrogen and oxygen atoms in total. The third kappa shape index (κ3) is 5.43. The summed E-state index contributed by atoms with van der Waals surface area (Å²) in [5, 5.41) is 13.8. The molecule has 2 N–H and O–H groups in total. The Hall–Kier alpha value is -1.63. The lowest BCUT2D eigenvalue weighted by atomic mass is 9.92. The fourth-order valence-electron chi connectivity index (χ4n) is 2.29. The van der Waals surface area contributed by atoms with Crippen molar-refractivity contribution in [3.05, 3.63) is 64.4 Å². The molecular weight excluding hydrogens is 420 g/mol. The third-order valence-electron chi connectivity index (χ3n) is 3.96. The Kier molecular flexibility index (Phi) is 6.66. The Morgan fingerprint density at radius 3 is 2.54 bits per heavy atom. The van der Waals surface area contributed by atoms with Gasteiger partial charge in [0, 0.05) is 5.33 Å². The van der Waals surface area contributed by atoms with Gasteiger partial charge in [-0.05, 0) is 44.0 Å². The highest BCUT2D eigenvalue weighted by Gasteiger charge is 2.29. The van der Waals surface area contributed by atoms with Crippen molar-refractivity contribution in [1.82, 2.24) is 10.3 Å². The van der Waals surface area contributed by atoms with Gasteiger partial charge in [-0.25, -0.2) is 9.78 Å². The van der Waals surface area contributed by atoms with Crippen LogP contribution in [0.1, 0.15) is 37.6 Å². The van der Waals surface area contributed by atoms with Crippen LogP contribution >= 0.6 is 27.5 Å². The molecule has 7 heteroatoms. The van der Waals surface area contributed by atoms with Crippen LogP contribution in [0.5, 0.6) is 0 Å². The predicted molar refractivity (Wildman–Crippen MR) is 105 cm³/mol. The molecule has 0 aliphatic rings. The van der Waals surface area contributed by atoms with Gasteiger partial charge in [-0.15, -0.1) is 0 Å². The quantitative estimate of drug-likeness (QED) is 0.511. The molecule has 0 bridgehead atoms. The number of carbonyl (C=O) groups excluding carboxylic acids is 1. The minimum Gasteiger partial charge on any atom is -0.445 e. The molecule has 0 aliphatic heterocycles. The largest absolute Gasteiger partial charge is 0.445 e. The van der Waals surface area contributed by atoms with Gasteiger partial charge in [0.2, 0.25) is 0 Å². The summed E-state index contributed by atoms with van der Waals surface area (Å²) in [4.78, 5) is 16.4. The first-order valence-electron chi connectivity index (χ1n) is 8.10. The highest BCUT2D eigenvalue weighted by atomic mass is 79.9. The van der Waals surface area contributed by atoms with E-state index >= 15 is 0 Å². The summed E-state index contributed by atoms with van der Waals surface area (Å²) in [5.41, 5.74) is 0.0963. The molecule has 0 saturated heterocycles. The van der Waals surface area contributed by atoms with Crippen LogP contribution in [0.4, 0.5) is 4.79 Å². The second-order valence-corrected chi connectivity index (χ2v) is 7.73. The van der Waals surface area contributed by atoms with E-state index in [-0.39, 0.29) is 11.8 Å². The lowest BCUT2D eigenvalue weighted by Crippen LogP contribution is -2.41. The van der Waals surface area contributed by atoms with Crippen LogP contribution < -0.4 is 5.32 Å². The molecule has 1 heterocycles. The number of alkyl halides is 1. The van der Waals surface area contributed by atoms with Crippen molar-refractivity contribution in [3.8, 4) is 0 Å². The fourth-order valence-corrected chi connectivity index (χ4v) is 2.78. The first kappa shape index (κ1) is 20.7. The zero-order valence-electron chi connectivity index (χ0n) is 14.9. The second kappa shape index (κ2) is 8.37. The van der Waals surface area contributed by atoms with Crippen LogP contribution in [0.3, 0.4) is 0 Å². The lowest BCUT2D eigenvalue weighted by molar-refractivity contribution is 0.0803. The zero-order valence-corrected chi connectivity index (χ0v) is 17.3. The fraction of sp³-hybridized carbons (Fsp3) is 0.368. The summed E-state index contributed by atoms with van der Waals surface area (Å²) in [5.74, 6) is 0. The van der Waals surface area contributed by atoms with Crippen LogP contribution in [0, 0.1) is 0 Å². The molecule has 1 amide bonds. The van der Waals surface area contributed by atoms with Crippen molar-refractivity contribution in [2.45, 2.75) is 38.5 Å². The van der Waals surface area contributed by atoms with E-state index in [0.717, 1.165) is 5.56 Å². The number of hydrogen-bond acceptors (Lipinski definition) is 4. The van der Waals surface area contributed by atoms with E-state index in [9.17, 15) is 9.90 Å². The van der Waals surface area contributed by atoms with E-state index < -0.39 is 17.2 Å². The topological polar surface area (TPSA) is 71.5 Å². The highest BCUT2D eigenvalue weighted by Crippen LogP contribution is 2.29. The average molecular weight is 442 g/mol. The smallest absolute Gasteiger partial charge is 0.408 e. The van der Waals surface area contributed by atoms with Gasteiger partial charge in [0.15, 0.2) is 0 Å². The average Bonchev–Trinajstić information content (AvgIpc) is 2.60. The Morgan fingerprint density at radius 1 is 1.27 bits per heavy atom. The maximum atomic E-state index is 12.2. The number of aromatic nitrogens is 1. The summed E-state index contributed by atoms with van der Waals surface area (Å²) in [6, 6.07) is 12.8. The van der Waals surface area contributed by atoms with Crippen LogP contribution in [0.15, 0.2) is 42.5 Å². The van der Waals surface area contributed by atoms with E-state index in [4.69, 9.17) is 16.3 Å². The highest BCUT2D eigenvalue weighted by molar-refractivity contribution is 9.09. The molecule has 26 heavy (non-hydrogen) atoms. The van der Waals surface area contributed by atoms with E-state index in [0.29, 0.717) is 16.6 Å². The number of carbonyl (C=O) groups is 1. The molecule has 2 rings (SSSR count). The van der Waals surface area contributed by atoms with Crippen LogP contribution in [-0.4, -0.2) is 21.5 Å². The summed E-state index contributed by atoms with van der Waals surface area (Å²) in [6.07, 6.45) is -0.541. The van der Waals surface area contributed by atoms with Gasteiger partial charge >= 0.3 is 6.09 Å². The van der Waals surface area contributed by atoms with Crippen molar-refractivity contribution in [3.63, 3.8) is 0 Å². The van der Waals surface area contributed by atoms with Gasteiger partial charge in [0.05, 0.1) is 11.2 Å². The number of ether oxygens (including phenoxy) is 1. The number of aliphatic hydroxyl groups is 1. The number of alkyl carbamates (subject to hydrolysis) is 1. The Morgan fingerprint density at radius 2 is 1.92 bits per heavy atom. The number of nitrogens with zero attached hydrogens (tertiary/aromatic N) is 1. The van der Waals surface area contributed by atoms with Gasteiger partial charge in [0.25, 0.3) is 0 Å². The van der Waals surface area contributed by atoms with Gasteiger partial charge in [-0.2, -0.15) is 0 Å². The summed E-state index contributed by atoms with van der Waals surface area (Å²) >= 11 is 9.38. The first-order valence-corrected chi connectivity index (χ1v) is 9.60. The van der Waals surface area contributed by atoms with Crippen molar-refractivity contribution < 1.29 is 14.6 Å². The molecule has 0 aliphatic carbocycles. The van der Waals surface area contributed by atoms with Crippen LogP contribution in [0.25, 0.3) is 0 Å². The van der Waals surface area contributed by atoms with E-state index in [2.05, 4.69) is 26.2 Å². The standard InChI is InChI=1S/C19H22BrClN2O3/c1-18(2,23-17(24)26-11-13-7-5-4-6-8-13)14-9-15(19(3,25)12-20)22-16(21)10-14/h4-10,25H,11-12H2,1-3H3,(H,23,24). The van der Waals surface area contributed by atoms with Gasteiger partial charge < -0.3 is 15.2 Å². The monoisotopic (exact) mass is 440 g/mol. The van der Waals surface area contributed by atoms with Crippen molar-refractivity contribution in [2.75, 3.05) is 5.33 Å². The first-order chi connectivity index (χ1) is 12.1. The molecular formula is C19H22BrClN2O3. The Bertz CT molecular complexity index is 767. The molecule has 0 spiro atoms. The van der Waals surface area contributed by atoms with Gasteiger partial charge in [-0.3, -0.25) is 0 Å². The summed E-state index contributed by atoms with van der Waals surface area (Å²) in [7, 11) is 0. The minimum absolute atomic E-state index is 0.184. The predicted octanol–water partition coefficient (Wildman–Crippen LogP) is 4.50. The third-order valence-corrected chi connectivity index (χ3v) is 5.24. The van der Waals surface area contributed by atoms with E-state index in [1.165, 1.54) is 0 Å². The summed E-state index contributed by atoms with van der Waals surface area (Å²) < 4.78 is 5.28. The van der Waals surface area contributed by atoms with E-state index in [1.807, 2.05) is 44.2 Å². The maximum absolute atomic E-state index is 12.2. The molecule has 1 aromatic carbocycles. The Labute approximate surface area is 166 Å². The zero-order chi connectivity index (χ0) is 19.4. The van der Waals surface area contributed by atoms with Gasteiger partial charge in [-0.1, -0.05) is 57.9 Å². The molecule has 1 atom stereocenters. The molecule has 0 radical (unpaired) electrons. The molecule has 1 unspecified atom stereocenters. The van der Waals surface area contributed by atoms with E-state index in [1.54, 1.807) is 19.1 Å². The summed E-state index contributed by atoms with van der Waals surface area (Å²) in [6.45, 7) is 5.48. The van der Waals surface area contributed by atoms with Crippen molar-refractivity contribution >= 4 is 33.6 Å². The SMILES string of the molecule is CC(O)(CBr)c1cc(C(C)(C)NC(=O)OCc2ccccc2)cc(Cl)n1. The number of nitrogens with one attached hydrogen (secondary N) is 1. The molecule has 140 valence electrons. The molecule has 2 aromatic rings. The van der Waals surface area contributed by atoms with Gasteiger partial charge in [0.1, 0.15) is 17.4 Å². The molecule has 0 fully saturated rings. The maximum Gasteiger partial charge on any atom is 0.408 e. The Balaban J connectivity index is 2.12. The number of pyridine rings is 1. The number of benzene rings is 1. The normalized spacial score (nSPS) is 13.8. The minimum atomic E-state index is -1.18. The number of halogens is 2. The number of rotatable bonds is 6. The van der Waals surface area contributed by atoms with Crippen molar-refractivity contribution in [1.29, 1.82) is 0 Å². The number of amides is 1. The molecule has 1 aromatic heterocycles. The number of hydrogen-bond donors (Lipinski definition) is 2.